The van der Waals surface area contributed by atoms with Gasteiger partial charge in [0.05, 0.1) is 51.5 Å². The first-order valence-corrected chi connectivity index (χ1v) is 9.24. The molecule has 2 N–H and O–H groups in total. The van der Waals surface area contributed by atoms with Crippen LogP contribution in [-0.2, 0) is 16.6 Å². The molecule has 0 saturated heterocycles. The van der Waals surface area contributed by atoms with Crippen molar-refractivity contribution in [2.45, 2.75) is 43.6 Å². The van der Waals surface area contributed by atoms with Gasteiger partial charge in [0.25, 0.3) is 0 Å². The second-order valence-corrected chi connectivity index (χ2v) is 8.26. The smallest absolute Gasteiger partial charge is 0.409 e. The van der Waals surface area contributed by atoms with Crippen molar-refractivity contribution in [3.63, 3.8) is 0 Å². The zero-order valence-corrected chi connectivity index (χ0v) is 17.0. The van der Waals surface area contributed by atoms with E-state index < -0.39 is 34.9 Å². The molecule has 3 heterocycles. The number of rotatable bonds is 3. The van der Waals surface area contributed by atoms with Crippen molar-refractivity contribution in [2.75, 3.05) is 11.9 Å². The zero-order chi connectivity index (χ0) is 22.3. The summed E-state index contributed by atoms with van der Waals surface area (Å²) < 4.78 is 19.4. The molecule has 0 aliphatic carbocycles. The van der Waals surface area contributed by atoms with Crippen LogP contribution in [0.3, 0.4) is 0 Å². The summed E-state index contributed by atoms with van der Waals surface area (Å²) in [6, 6.07) is 3.01. The predicted octanol–water partition coefficient (Wildman–Crippen LogP) is 1.46. The fourth-order valence-corrected chi connectivity index (χ4v) is 3.34. The van der Waals surface area contributed by atoms with Crippen LogP contribution in [0.2, 0.25) is 0 Å². The van der Waals surface area contributed by atoms with Gasteiger partial charge in [-0.05, 0) is 50.2 Å². The van der Waals surface area contributed by atoms with Gasteiger partial charge in [0.15, 0.2) is 5.82 Å². The Bertz CT molecular complexity index is 970. The molecular weight excluding hydrogens is 384 g/mol. The molecule has 2 aromatic heterocycles. The number of hydrogen-bond acceptors (Lipinski definition) is 6. The Labute approximate surface area is 178 Å². The van der Waals surface area contributed by atoms with E-state index in [-0.39, 0.29) is 12.1 Å². The lowest BCUT2D eigenvalue weighted by atomic mass is 9.51. The molecular formula is C19H20B3FN4O3. The van der Waals surface area contributed by atoms with Gasteiger partial charge in [-0.25, -0.2) is 9.18 Å². The number of carbonyl (C=O) groups is 1. The zero-order valence-electron chi connectivity index (χ0n) is 17.0. The Morgan fingerprint density at radius 1 is 1.37 bits per heavy atom. The van der Waals surface area contributed by atoms with Gasteiger partial charge < -0.3 is 20.1 Å². The number of pyridine rings is 2. The second kappa shape index (κ2) is 7.61. The fraction of sp³-hybridized carbons (Fsp3) is 0.421. The van der Waals surface area contributed by atoms with Crippen LogP contribution in [0.25, 0.3) is 0 Å². The van der Waals surface area contributed by atoms with Gasteiger partial charge in [-0.3, -0.25) is 9.97 Å². The van der Waals surface area contributed by atoms with Crippen molar-refractivity contribution in [2.24, 2.45) is 0 Å². The van der Waals surface area contributed by atoms with Crippen LogP contribution in [0.4, 0.5) is 20.6 Å². The van der Waals surface area contributed by atoms with Crippen molar-refractivity contribution in [3.05, 3.63) is 47.8 Å². The van der Waals surface area contributed by atoms with Crippen LogP contribution in [0.5, 0.6) is 0 Å². The quantitative estimate of drug-likeness (QED) is 0.754. The third-order valence-electron chi connectivity index (χ3n) is 4.57. The maximum absolute atomic E-state index is 13.9. The summed E-state index contributed by atoms with van der Waals surface area (Å²) >= 11 is 0. The van der Waals surface area contributed by atoms with Gasteiger partial charge in [0.1, 0.15) is 13.4 Å². The van der Waals surface area contributed by atoms with Gasteiger partial charge in [-0.1, -0.05) is 0 Å². The van der Waals surface area contributed by atoms with Crippen LogP contribution in [0.15, 0.2) is 30.7 Å². The van der Waals surface area contributed by atoms with Crippen LogP contribution in [-0.4, -0.2) is 67.2 Å². The monoisotopic (exact) mass is 404 g/mol. The van der Waals surface area contributed by atoms with E-state index in [2.05, 4.69) is 15.3 Å². The number of amides is 1. The van der Waals surface area contributed by atoms with E-state index in [4.69, 9.17) is 28.3 Å². The molecule has 1 unspecified atom stereocenters. The fourth-order valence-electron chi connectivity index (χ4n) is 3.34. The Kier molecular flexibility index (Phi) is 5.62. The van der Waals surface area contributed by atoms with E-state index in [0.29, 0.717) is 16.9 Å². The molecule has 150 valence electrons. The maximum Gasteiger partial charge on any atom is 0.409 e. The molecule has 1 amide bonds. The summed E-state index contributed by atoms with van der Waals surface area (Å²) in [7, 11) is 18.8. The number of aromatic nitrogens is 2. The first-order valence-electron chi connectivity index (χ1n) is 9.24. The van der Waals surface area contributed by atoms with Gasteiger partial charge >= 0.3 is 6.09 Å². The summed E-state index contributed by atoms with van der Waals surface area (Å²) in [5.74, 6) is -0.560. The second-order valence-electron chi connectivity index (χ2n) is 8.26. The highest BCUT2D eigenvalue weighted by molar-refractivity contribution is 6.41. The van der Waals surface area contributed by atoms with E-state index >= 15 is 0 Å². The van der Waals surface area contributed by atoms with Crippen LogP contribution >= 0.6 is 0 Å². The first kappa shape index (κ1) is 22.1. The van der Waals surface area contributed by atoms with Crippen molar-refractivity contribution in [3.8, 4) is 0 Å². The predicted molar refractivity (Wildman–Crippen MR) is 112 cm³/mol. The molecule has 0 aromatic carbocycles. The number of ether oxygens (including phenoxy) is 1. The van der Waals surface area contributed by atoms with Crippen LogP contribution in [0, 0.1) is 5.82 Å². The first-order chi connectivity index (χ1) is 13.9. The largest absolute Gasteiger partial charge is 0.444 e. The minimum atomic E-state index is -1.82. The standard InChI is InChI=1S/C19H20B3FN4O3/c1-17(2,3)30-16(29)27-18(20,10-28)12-6-11(8-25-15(12)7-19(27,21)22)26-14-4-5-24-9-13(14)23/h4-6,8-9,28H,7,10H2,1-3H3,(H,24,26). The van der Waals surface area contributed by atoms with E-state index in [1.54, 1.807) is 26.8 Å². The average Bonchev–Trinajstić information content (AvgIpc) is 2.62. The summed E-state index contributed by atoms with van der Waals surface area (Å²) in [5, 5.41) is 11.3. The molecule has 1 aliphatic heterocycles. The molecule has 30 heavy (non-hydrogen) atoms. The highest BCUT2D eigenvalue weighted by Gasteiger charge is 2.50. The minimum absolute atomic E-state index is 0.0373. The number of aliphatic hydroxyl groups is 1. The molecule has 0 bridgehead atoms. The van der Waals surface area contributed by atoms with Crippen molar-refractivity contribution in [1.29, 1.82) is 0 Å². The molecule has 2 aromatic rings. The molecule has 1 aliphatic rings. The molecule has 11 heteroatoms. The molecule has 1 atom stereocenters. The minimum Gasteiger partial charge on any atom is -0.444 e. The van der Waals surface area contributed by atoms with E-state index in [0.717, 1.165) is 11.1 Å². The maximum atomic E-state index is 13.9. The summed E-state index contributed by atoms with van der Waals surface area (Å²) in [5.41, 5.74) is -1.40. The normalized spacial score (nSPS) is 20.4. The molecule has 7 nitrogen and oxygen atoms in total. The number of anilines is 2. The third kappa shape index (κ3) is 4.17. The number of nitrogens with zero attached hydrogens (tertiary/aromatic N) is 3. The molecule has 6 radical (unpaired) electrons. The van der Waals surface area contributed by atoms with Gasteiger partial charge in [0.2, 0.25) is 0 Å². The topological polar surface area (TPSA) is 87.6 Å². The SMILES string of the molecule is [B]C1([B])Cc2ncc(Nc3ccncc3F)cc2C([B])(CO)N1C(=O)OC(C)(C)C. The molecule has 0 fully saturated rings. The highest BCUT2D eigenvalue weighted by atomic mass is 19.1. The number of halogens is 1. The summed E-state index contributed by atoms with van der Waals surface area (Å²) in [4.78, 5) is 21.8. The number of fused-ring (bicyclic) bond motifs is 1. The van der Waals surface area contributed by atoms with Gasteiger partial charge in [-0.15, -0.1) is 0 Å². The summed E-state index contributed by atoms with van der Waals surface area (Å²) in [6.07, 6.45) is 3.03. The molecule has 0 saturated carbocycles. The van der Waals surface area contributed by atoms with Crippen LogP contribution in [0.1, 0.15) is 32.0 Å². The van der Waals surface area contributed by atoms with Crippen molar-refractivity contribution in [1.82, 2.24) is 14.9 Å². The number of hydrogen-bond donors (Lipinski definition) is 2. The molecule has 3 rings (SSSR count). The van der Waals surface area contributed by atoms with Gasteiger partial charge in [-0.2, -0.15) is 0 Å². The average molecular weight is 404 g/mol. The number of nitrogens with one attached hydrogen (secondary N) is 1. The van der Waals surface area contributed by atoms with E-state index in [1.165, 1.54) is 18.5 Å². The van der Waals surface area contributed by atoms with E-state index in [1.807, 2.05) is 0 Å². The number of carbonyl (C=O) groups excluding carboxylic acids is 1. The number of aliphatic hydroxyl groups excluding tert-OH is 1. The lowest BCUT2D eigenvalue weighted by Gasteiger charge is -2.55. The van der Waals surface area contributed by atoms with Crippen molar-refractivity contribution < 1.29 is 19.0 Å². The highest BCUT2D eigenvalue weighted by Crippen LogP contribution is 2.40. The Morgan fingerprint density at radius 2 is 2.07 bits per heavy atom. The van der Waals surface area contributed by atoms with Crippen LogP contribution < -0.4 is 5.32 Å². The van der Waals surface area contributed by atoms with Crippen molar-refractivity contribution >= 4 is 41.0 Å². The lowest BCUT2D eigenvalue weighted by molar-refractivity contribution is -0.0137. The lowest BCUT2D eigenvalue weighted by Crippen LogP contribution is -2.68. The third-order valence-corrected chi connectivity index (χ3v) is 4.57. The Balaban J connectivity index is 2.05. The summed E-state index contributed by atoms with van der Waals surface area (Å²) in [6.45, 7) is 4.34. The van der Waals surface area contributed by atoms with Gasteiger partial charge in [0, 0.05) is 11.9 Å². The van der Waals surface area contributed by atoms with E-state index in [9.17, 15) is 14.3 Å². The Morgan fingerprint density at radius 3 is 2.67 bits per heavy atom. The molecule has 0 spiro atoms. The Hall–Kier alpha value is -2.55.